The quantitative estimate of drug-likeness (QED) is 0.416. The Morgan fingerprint density at radius 1 is 0.914 bits per heavy atom. The fraction of sp³-hybridized carbons (Fsp3) is 0.214. The van der Waals surface area contributed by atoms with Gasteiger partial charge in [-0.3, -0.25) is 5.01 Å². The van der Waals surface area contributed by atoms with Gasteiger partial charge < -0.3 is 19.3 Å². The Bertz CT molecular complexity index is 1460. The summed E-state index contributed by atoms with van der Waals surface area (Å²) in [5.74, 6) is -0.100. The fourth-order valence-electron chi connectivity index (χ4n) is 4.44. The van der Waals surface area contributed by atoms with Crippen molar-refractivity contribution in [2.24, 2.45) is 5.10 Å². The topological polar surface area (TPSA) is 72.5 Å². The Kier molecular flexibility index (Phi) is 5.68. The lowest BCUT2D eigenvalue weighted by Crippen LogP contribution is -2.19. The SMILES string of the molecule is CN(C)c1ccc(C2CC(c3c(O)c4ccc(N(C)C)cc4oc3=O)=NN2c2ccccc2)cc1. The fourth-order valence-corrected chi connectivity index (χ4v) is 4.44. The maximum atomic E-state index is 13.1. The number of aromatic hydroxyl groups is 1. The van der Waals surface area contributed by atoms with Crippen LogP contribution in [-0.4, -0.2) is 39.0 Å². The summed E-state index contributed by atoms with van der Waals surface area (Å²) in [6, 6.07) is 23.4. The van der Waals surface area contributed by atoms with E-state index >= 15 is 0 Å². The van der Waals surface area contributed by atoms with Gasteiger partial charge in [-0.1, -0.05) is 30.3 Å². The van der Waals surface area contributed by atoms with Crippen LogP contribution in [-0.2, 0) is 0 Å². The van der Waals surface area contributed by atoms with E-state index in [2.05, 4.69) is 29.2 Å². The molecule has 0 spiro atoms. The van der Waals surface area contributed by atoms with Gasteiger partial charge in [0.15, 0.2) is 0 Å². The van der Waals surface area contributed by atoms with Crippen LogP contribution in [0.4, 0.5) is 17.1 Å². The molecule has 1 atom stereocenters. The number of fused-ring (bicyclic) bond motifs is 1. The van der Waals surface area contributed by atoms with E-state index in [4.69, 9.17) is 9.52 Å². The van der Waals surface area contributed by atoms with Gasteiger partial charge in [-0.25, -0.2) is 4.79 Å². The summed E-state index contributed by atoms with van der Waals surface area (Å²) >= 11 is 0. The Labute approximate surface area is 204 Å². The number of benzene rings is 3. The molecule has 5 rings (SSSR count). The number of hydrazone groups is 1. The van der Waals surface area contributed by atoms with Gasteiger partial charge in [0.25, 0.3) is 0 Å². The minimum atomic E-state index is -0.596. The van der Waals surface area contributed by atoms with Crippen molar-refractivity contribution in [2.75, 3.05) is 43.0 Å². The number of hydrogen-bond acceptors (Lipinski definition) is 7. The van der Waals surface area contributed by atoms with Gasteiger partial charge in [0, 0.05) is 52.1 Å². The summed E-state index contributed by atoms with van der Waals surface area (Å²) < 4.78 is 5.65. The largest absolute Gasteiger partial charge is 0.506 e. The summed E-state index contributed by atoms with van der Waals surface area (Å²) in [5.41, 5.74) is 4.32. The molecule has 1 aromatic heterocycles. The van der Waals surface area contributed by atoms with E-state index in [-0.39, 0.29) is 17.4 Å². The predicted molar refractivity (Wildman–Crippen MR) is 142 cm³/mol. The van der Waals surface area contributed by atoms with Crippen LogP contribution in [0.5, 0.6) is 5.75 Å². The number of rotatable bonds is 5. The zero-order chi connectivity index (χ0) is 24.7. The smallest absolute Gasteiger partial charge is 0.349 e. The van der Waals surface area contributed by atoms with Crippen molar-refractivity contribution in [3.05, 3.63) is 94.3 Å². The van der Waals surface area contributed by atoms with E-state index in [0.29, 0.717) is 23.1 Å². The molecule has 4 aromatic rings. The van der Waals surface area contributed by atoms with E-state index in [1.54, 1.807) is 12.1 Å². The monoisotopic (exact) mass is 468 g/mol. The minimum Gasteiger partial charge on any atom is -0.506 e. The van der Waals surface area contributed by atoms with E-state index in [0.717, 1.165) is 22.6 Å². The van der Waals surface area contributed by atoms with Crippen LogP contribution < -0.4 is 20.4 Å². The summed E-state index contributed by atoms with van der Waals surface area (Å²) in [6.07, 6.45) is 0.454. The molecular weight excluding hydrogens is 440 g/mol. The normalized spacial score (nSPS) is 15.4. The van der Waals surface area contributed by atoms with Gasteiger partial charge in [-0.2, -0.15) is 5.10 Å². The molecule has 7 heteroatoms. The third-order valence-corrected chi connectivity index (χ3v) is 6.39. The zero-order valence-electron chi connectivity index (χ0n) is 20.3. The molecule has 0 saturated heterocycles. The lowest BCUT2D eigenvalue weighted by atomic mass is 9.97. The van der Waals surface area contributed by atoms with Gasteiger partial charge in [0.05, 0.1) is 22.8 Å². The van der Waals surface area contributed by atoms with Crippen molar-refractivity contribution in [1.29, 1.82) is 0 Å². The maximum Gasteiger partial charge on any atom is 0.349 e. The number of nitrogens with zero attached hydrogens (tertiary/aromatic N) is 4. The van der Waals surface area contributed by atoms with E-state index < -0.39 is 5.63 Å². The first-order valence-corrected chi connectivity index (χ1v) is 11.5. The van der Waals surface area contributed by atoms with Crippen molar-refractivity contribution in [3.8, 4) is 5.75 Å². The lowest BCUT2D eigenvalue weighted by Gasteiger charge is -2.24. The van der Waals surface area contributed by atoms with Crippen molar-refractivity contribution in [3.63, 3.8) is 0 Å². The standard InChI is InChI=1S/C28H28N4O3/c1-30(2)19-12-10-18(11-13-19)24-17-23(29-32(24)20-8-6-5-7-9-20)26-27(33)22-15-14-21(31(3)4)16-25(22)35-28(26)34/h5-16,24,33H,17H2,1-4H3. The molecule has 1 aliphatic rings. The second-order valence-electron chi connectivity index (χ2n) is 9.12. The third kappa shape index (κ3) is 4.10. The second kappa shape index (κ2) is 8.83. The van der Waals surface area contributed by atoms with Crippen LogP contribution >= 0.6 is 0 Å². The molecule has 0 saturated carbocycles. The van der Waals surface area contributed by atoms with Crippen molar-refractivity contribution >= 4 is 33.7 Å². The molecule has 0 aliphatic carbocycles. The van der Waals surface area contributed by atoms with Gasteiger partial charge >= 0.3 is 5.63 Å². The van der Waals surface area contributed by atoms with Gasteiger partial charge in [-0.05, 0) is 42.0 Å². The summed E-state index contributed by atoms with van der Waals surface area (Å²) in [5, 5.41) is 18.4. The second-order valence-corrected chi connectivity index (χ2v) is 9.12. The molecule has 0 bridgehead atoms. The van der Waals surface area contributed by atoms with Gasteiger partial charge in [-0.15, -0.1) is 0 Å². The number of para-hydroxylation sites is 1. The van der Waals surface area contributed by atoms with E-state index in [1.165, 1.54) is 0 Å². The highest BCUT2D eigenvalue weighted by Crippen LogP contribution is 2.39. The van der Waals surface area contributed by atoms with Crippen molar-refractivity contribution in [2.45, 2.75) is 12.5 Å². The molecule has 35 heavy (non-hydrogen) atoms. The van der Waals surface area contributed by atoms with Crippen LogP contribution in [0.1, 0.15) is 23.6 Å². The molecular formula is C28H28N4O3. The average Bonchev–Trinajstić information content (AvgIpc) is 3.29. The number of anilines is 3. The Hall–Kier alpha value is -4.26. The van der Waals surface area contributed by atoms with Crippen LogP contribution in [0.2, 0.25) is 0 Å². The molecule has 1 N–H and O–H groups in total. The molecule has 3 aromatic carbocycles. The summed E-state index contributed by atoms with van der Waals surface area (Å²) in [7, 11) is 7.82. The first-order chi connectivity index (χ1) is 16.8. The zero-order valence-corrected chi connectivity index (χ0v) is 20.3. The van der Waals surface area contributed by atoms with Crippen LogP contribution in [0, 0.1) is 0 Å². The third-order valence-electron chi connectivity index (χ3n) is 6.39. The van der Waals surface area contributed by atoms with Gasteiger partial charge in [0.1, 0.15) is 16.9 Å². The highest BCUT2D eigenvalue weighted by atomic mass is 16.4. The molecule has 1 unspecified atom stereocenters. The van der Waals surface area contributed by atoms with E-state index in [9.17, 15) is 9.90 Å². The average molecular weight is 469 g/mol. The van der Waals surface area contributed by atoms with Crippen molar-refractivity contribution in [1.82, 2.24) is 0 Å². The minimum absolute atomic E-state index is 0.100. The summed E-state index contributed by atoms with van der Waals surface area (Å²) in [6.45, 7) is 0. The molecule has 0 fully saturated rings. The Balaban J connectivity index is 1.60. The molecule has 178 valence electrons. The summed E-state index contributed by atoms with van der Waals surface area (Å²) in [4.78, 5) is 17.0. The predicted octanol–water partition coefficient (Wildman–Crippen LogP) is 4.99. The van der Waals surface area contributed by atoms with Crippen LogP contribution in [0.15, 0.2) is 87.1 Å². The molecule has 2 heterocycles. The molecule has 0 amide bonds. The Morgan fingerprint density at radius 3 is 2.23 bits per heavy atom. The van der Waals surface area contributed by atoms with Crippen molar-refractivity contribution < 1.29 is 9.52 Å². The first kappa shape index (κ1) is 22.5. The number of hydrogen-bond donors (Lipinski definition) is 1. The van der Waals surface area contributed by atoms with E-state index in [1.807, 2.05) is 74.5 Å². The van der Waals surface area contributed by atoms with Crippen LogP contribution in [0.25, 0.3) is 11.0 Å². The van der Waals surface area contributed by atoms with Crippen LogP contribution in [0.3, 0.4) is 0 Å². The highest BCUT2D eigenvalue weighted by Gasteiger charge is 2.33. The highest BCUT2D eigenvalue weighted by molar-refractivity contribution is 6.08. The maximum absolute atomic E-state index is 13.1. The van der Waals surface area contributed by atoms with Gasteiger partial charge in [0.2, 0.25) is 0 Å². The Morgan fingerprint density at radius 2 is 1.57 bits per heavy atom. The molecule has 7 nitrogen and oxygen atoms in total. The first-order valence-electron chi connectivity index (χ1n) is 11.5. The lowest BCUT2D eigenvalue weighted by molar-refractivity contribution is 0.466. The molecule has 0 radical (unpaired) electrons. The molecule has 1 aliphatic heterocycles.